The average molecular weight is 648 g/mol. The second-order valence-corrected chi connectivity index (χ2v) is 13.3. The van der Waals surface area contributed by atoms with Gasteiger partial charge in [0.2, 0.25) is 16.0 Å². The molecule has 0 spiro atoms. The zero-order valence-electron chi connectivity index (χ0n) is 25.2. The van der Waals surface area contributed by atoms with Gasteiger partial charge in [-0.3, -0.25) is 14.2 Å². The average Bonchev–Trinajstić information content (AvgIpc) is 3.54. The first kappa shape index (κ1) is 30.2. The van der Waals surface area contributed by atoms with Gasteiger partial charge in [-0.15, -0.1) is 0 Å². The lowest BCUT2D eigenvalue weighted by molar-refractivity contribution is 0.0977. The molecule has 232 valence electrons. The van der Waals surface area contributed by atoms with Gasteiger partial charge in [-0.05, 0) is 56.2 Å². The molecule has 0 bridgehead atoms. The molecule has 1 aromatic carbocycles. The van der Waals surface area contributed by atoms with Crippen LogP contribution in [0.15, 0.2) is 53.6 Å². The highest BCUT2D eigenvalue weighted by atomic mass is 35.5. The first-order valence-electron chi connectivity index (χ1n) is 14.0. The molecular formula is C30H30ClN9O4S. The van der Waals surface area contributed by atoms with E-state index < -0.39 is 22.0 Å². The summed E-state index contributed by atoms with van der Waals surface area (Å²) < 4.78 is 28.7. The smallest absolute Gasteiger partial charge is 0.285 e. The fourth-order valence-corrected chi connectivity index (χ4v) is 6.11. The molecule has 1 aliphatic heterocycles. The number of nitrogens with zero attached hydrogens (tertiary/aromatic N) is 7. The summed E-state index contributed by atoms with van der Waals surface area (Å²) in [7, 11) is -2.14. The van der Waals surface area contributed by atoms with Crippen LogP contribution in [0.2, 0.25) is 5.15 Å². The van der Waals surface area contributed by atoms with Gasteiger partial charge >= 0.3 is 0 Å². The normalized spacial score (nSPS) is 13.6. The Morgan fingerprint density at radius 1 is 1.11 bits per heavy atom. The number of anilines is 2. The first-order valence-corrected chi connectivity index (χ1v) is 16.3. The SMILES string of the molecule is Cc1cc([C@@H](C)Nc2ccc(Cl)nc2C(=O)NS(C)(=O)=O)c2nc(N3Cc4cn(-c5ncccc5C)nc4C3)n(C)c(=O)c2c1. The maximum absolute atomic E-state index is 13.7. The summed E-state index contributed by atoms with van der Waals surface area (Å²) in [6.45, 7) is 6.70. The van der Waals surface area contributed by atoms with Crippen molar-refractivity contribution in [3.05, 3.63) is 97.9 Å². The number of nitrogens with one attached hydrogen (secondary N) is 2. The highest BCUT2D eigenvalue weighted by molar-refractivity contribution is 7.89. The monoisotopic (exact) mass is 647 g/mol. The van der Waals surface area contributed by atoms with Gasteiger partial charge in [0.1, 0.15) is 5.15 Å². The molecule has 5 aromatic rings. The molecule has 0 saturated carbocycles. The standard InChI is InChI=1S/C30H30ClN9O4S/c1-16-11-20(18(3)33-22-8-9-24(31)34-26(22)28(41)37-45(5,43)44)25-21(12-16)29(42)38(4)30(35-25)39-13-19-14-40(36-23(19)15-39)27-17(2)7-6-10-32-27/h6-12,14,18,33H,13,15H2,1-5H3,(H,37,41)/t18-/m1/s1. The van der Waals surface area contributed by atoms with Crippen LogP contribution in [0.25, 0.3) is 16.7 Å². The Balaban J connectivity index is 1.36. The third-order valence-electron chi connectivity index (χ3n) is 7.58. The van der Waals surface area contributed by atoms with Crippen molar-refractivity contribution in [3.8, 4) is 5.82 Å². The number of aryl methyl sites for hydroxylation is 2. The molecule has 13 nitrogen and oxygen atoms in total. The Hall–Kier alpha value is -4.82. The summed E-state index contributed by atoms with van der Waals surface area (Å²) in [5.41, 5.74) is 4.84. The Morgan fingerprint density at radius 3 is 2.60 bits per heavy atom. The first-order chi connectivity index (χ1) is 21.3. The van der Waals surface area contributed by atoms with Crippen LogP contribution in [0.1, 0.15) is 51.4 Å². The van der Waals surface area contributed by atoms with Gasteiger partial charge in [-0.1, -0.05) is 23.7 Å². The third-order valence-corrected chi connectivity index (χ3v) is 8.35. The predicted octanol–water partition coefficient (Wildman–Crippen LogP) is 3.56. The topological polar surface area (TPSA) is 157 Å². The van der Waals surface area contributed by atoms with Gasteiger partial charge in [0.25, 0.3) is 11.5 Å². The third kappa shape index (κ3) is 5.85. The van der Waals surface area contributed by atoms with Crippen molar-refractivity contribution in [1.29, 1.82) is 0 Å². The van der Waals surface area contributed by atoms with E-state index in [1.54, 1.807) is 34.6 Å². The van der Waals surface area contributed by atoms with Gasteiger partial charge in [-0.2, -0.15) is 5.10 Å². The van der Waals surface area contributed by atoms with Gasteiger partial charge in [0.15, 0.2) is 11.5 Å². The fraction of sp³-hybridized carbons (Fsp3) is 0.267. The Kier molecular flexibility index (Phi) is 7.57. The molecule has 1 amide bonds. The number of carbonyl (C=O) groups is 1. The number of amides is 1. The Bertz CT molecular complexity index is 2160. The minimum Gasteiger partial charge on any atom is -0.377 e. The number of carbonyl (C=O) groups excluding carboxylic acids is 1. The number of halogens is 1. The number of benzene rings is 1. The zero-order valence-corrected chi connectivity index (χ0v) is 26.7. The maximum Gasteiger partial charge on any atom is 0.285 e. The van der Waals surface area contributed by atoms with E-state index in [4.69, 9.17) is 21.7 Å². The summed E-state index contributed by atoms with van der Waals surface area (Å²) in [5, 5.41) is 8.48. The van der Waals surface area contributed by atoms with E-state index in [0.29, 0.717) is 35.5 Å². The van der Waals surface area contributed by atoms with Crippen molar-refractivity contribution < 1.29 is 13.2 Å². The van der Waals surface area contributed by atoms with Gasteiger partial charge in [0, 0.05) is 37.1 Å². The summed E-state index contributed by atoms with van der Waals surface area (Å²) in [5.74, 6) is 0.334. The minimum atomic E-state index is -3.84. The molecule has 1 aliphatic rings. The van der Waals surface area contributed by atoms with Crippen LogP contribution in [-0.2, 0) is 30.2 Å². The van der Waals surface area contributed by atoms with Crippen molar-refractivity contribution in [1.82, 2.24) is 34.0 Å². The second-order valence-electron chi connectivity index (χ2n) is 11.2. The fourth-order valence-electron chi connectivity index (χ4n) is 5.53. The van der Waals surface area contributed by atoms with E-state index in [0.717, 1.165) is 34.5 Å². The minimum absolute atomic E-state index is 0.0241. The number of pyridine rings is 2. The van der Waals surface area contributed by atoms with E-state index in [-0.39, 0.29) is 22.1 Å². The van der Waals surface area contributed by atoms with Crippen molar-refractivity contribution in [2.45, 2.75) is 39.9 Å². The van der Waals surface area contributed by atoms with E-state index >= 15 is 0 Å². The zero-order chi connectivity index (χ0) is 32.2. The largest absolute Gasteiger partial charge is 0.377 e. The van der Waals surface area contributed by atoms with Crippen LogP contribution in [0.5, 0.6) is 0 Å². The number of rotatable bonds is 7. The molecule has 1 atom stereocenters. The quantitative estimate of drug-likeness (QED) is 0.250. The molecule has 0 saturated heterocycles. The maximum atomic E-state index is 13.7. The highest BCUT2D eigenvalue weighted by Crippen LogP contribution is 2.31. The Morgan fingerprint density at radius 2 is 1.89 bits per heavy atom. The van der Waals surface area contributed by atoms with Crippen molar-refractivity contribution in [2.75, 3.05) is 16.5 Å². The van der Waals surface area contributed by atoms with E-state index in [9.17, 15) is 18.0 Å². The van der Waals surface area contributed by atoms with E-state index in [2.05, 4.69) is 15.3 Å². The number of hydrogen-bond donors (Lipinski definition) is 2. The van der Waals surface area contributed by atoms with Crippen molar-refractivity contribution >= 4 is 50.1 Å². The summed E-state index contributed by atoms with van der Waals surface area (Å²) >= 11 is 6.04. The number of fused-ring (bicyclic) bond motifs is 2. The molecule has 0 unspecified atom stereocenters. The van der Waals surface area contributed by atoms with Crippen LogP contribution >= 0.6 is 11.6 Å². The lowest BCUT2D eigenvalue weighted by atomic mass is 10.0. The molecule has 0 fully saturated rings. The summed E-state index contributed by atoms with van der Waals surface area (Å²) in [6, 6.07) is 10.2. The van der Waals surface area contributed by atoms with Gasteiger partial charge in [-0.25, -0.2) is 32.8 Å². The number of sulfonamides is 1. The molecule has 45 heavy (non-hydrogen) atoms. The lowest BCUT2D eigenvalue weighted by Gasteiger charge is -2.23. The molecular weight excluding hydrogens is 618 g/mol. The van der Waals surface area contributed by atoms with Crippen LogP contribution in [-0.4, -0.2) is 49.9 Å². The van der Waals surface area contributed by atoms with E-state index in [1.165, 1.54) is 6.07 Å². The van der Waals surface area contributed by atoms with Crippen LogP contribution in [0.4, 0.5) is 11.6 Å². The predicted molar refractivity (Wildman–Crippen MR) is 171 cm³/mol. The van der Waals surface area contributed by atoms with Crippen molar-refractivity contribution in [2.24, 2.45) is 7.05 Å². The molecule has 0 radical (unpaired) electrons. The highest BCUT2D eigenvalue weighted by Gasteiger charge is 2.28. The Labute approximate surface area is 264 Å². The molecule has 15 heteroatoms. The molecule has 5 heterocycles. The lowest BCUT2D eigenvalue weighted by Crippen LogP contribution is -2.31. The molecule has 0 aliphatic carbocycles. The van der Waals surface area contributed by atoms with Gasteiger partial charge < -0.3 is 10.2 Å². The summed E-state index contributed by atoms with van der Waals surface area (Å²) in [6.07, 6.45) is 4.57. The van der Waals surface area contributed by atoms with Gasteiger partial charge in [0.05, 0.1) is 41.1 Å². The molecule has 4 aromatic heterocycles. The van der Waals surface area contributed by atoms with E-state index in [1.807, 2.05) is 54.8 Å². The summed E-state index contributed by atoms with van der Waals surface area (Å²) in [4.78, 5) is 42.0. The molecule has 6 rings (SSSR count). The van der Waals surface area contributed by atoms with Crippen LogP contribution < -0.4 is 20.5 Å². The van der Waals surface area contributed by atoms with Crippen LogP contribution in [0, 0.1) is 13.8 Å². The number of hydrogen-bond acceptors (Lipinski definition) is 10. The second kappa shape index (κ2) is 11.3. The molecule has 2 N–H and O–H groups in total. The van der Waals surface area contributed by atoms with Crippen LogP contribution in [0.3, 0.4) is 0 Å². The van der Waals surface area contributed by atoms with Crippen molar-refractivity contribution in [3.63, 3.8) is 0 Å². The number of aromatic nitrogens is 6.